The highest BCUT2D eigenvalue weighted by molar-refractivity contribution is 5.24. The number of nitriles is 1. The van der Waals surface area contributed by atoms with Gasteiger partial charge in [0.2, 0.25) is 0 Å². The summed E-state index contributed by atoms with van der Waals surface area (Å²) in [7, 11) is 0. The van der Waals surface area contributed by atoms with Gasteiger partial charge in [0.1, 0.15) is 0 Å². The van der Waals surface area contributed by atoms with E-state index in [2.05, 4.69) is 11.4 Å². The van der Waals surface area contributed by atoms with Crippen molar-refractivity contribution in [1.29, 1.82) is 5.26 Å². The minimum Gasteiger partial charge on any atom is -0.395 e. The summed E-state index contributed by atoms with van der Waals surface area (Å²) >= 11 is 0. The maximum atomic E-state index is 8.93. The Labute approximate surface area is 84.0 Å². The number of aliphatic hydroxyl groups excluding tert-OH is 1. The van der Waals surface area contributed by atoms with Crippen molar-refractivity contribution in [3.63, 3.8) is 0 Å². The molecule has 0 radical (unpaired) electrons. The Morgan fingerprint density at radius 1 is 1.36 bits per heavy atom. The van der Waals surface area contributed by atoms with E-state index in [0.717, 1.165) is 5.56 Å². The highest BCUT2D eigenvalue weighted by atomic mass is 16.3. The van der Waals surface area contributed by atoms with Crippen LogP contribution >= 0.6 is 0 Å². The summed E-state index contributed by atoms with van der Waals surface area (Å²) < 4.78 is 0. The summed E-state index contributed by atoms with van der Waals surface area (Å²) in [6, 6.07) is 11.9. The molecule has 0 aliphatic carbocycles. The van der Waals surface area contributed by atoms with Crippen molar-refractivity contribution in [2.24, 2.45) is 0 Å². The van der Waals surface area contributed by atoms with Crippen molar-refractivity contribution in [2.75, 3.05) is 19.7 Å². The molecule has 0 saturated heterocycles. The molecular formula is C11H14N2O. The molecule has 0 saturated carbocycles. The first-order valence-electron chi connectivity index (χ1n) is 4.64. The van der Waals surface area contributed by atoms with Crippen LogP contribution in [0.2, 0.25) is 0 Å². The zero-order valence-electron chi connectivity index (χ0n) is 7.98. The molecule has 0 aliphatic rings. The van der Waals surface area contributed by atoms with E-state index in [1.54, 1.807) is 0 Å². The van der Waals surface area contributed by atoms with Crippen LogP contribution in [0.3, 0.4) is 0 Å². The summed E-state index contributed by atoms with van der Waals surface area (Å²) in [4.78, 5) is 0. The fourth-order valence-electron chi connectivity index (χ4n) is 1.25. The Morgan fingerprint density at radius 3 is 2.64 bits per heavy atom. The monoisotopic (exact) mass is 190 g/mol. The van der Waals surface area contributed by atoms with Crippen molar-refractivity contribution in [3.8, 4) is 6.07 Å². The van der Waals surface area contributed by atoms with E-state index in [4.69, 9.17) is 10.4 Å². The number of benzene rings is 1. The van der Waals surface area contributed by atoms with Gasteiger partial charge in [-0.3, -0.25) is 0 Å². The summed E-state index contributed by atoms with van der Waals surface area (Å²) in [5, 5.41) is 20.5. The predicted octanol–water partition coefficient (Wildman–Crippen LogP) is 0.876. The Bertz CT molecular complexity index is 292. The van der Waals surface area contributed by atoms with E-state index in [1.165, 1.54) is 0 Å². The van der Waals surface area contributed by atoms with Crippen molar-refractivity contribution in [3.05, 3.63) is 35.9 Å². The highest BCUT2D eigenvalue weighted by Gasteiger charge is 2.08. The van der Waals surface area contributed by atoms with Gasteiger partial charge in [0.25, 0.3) is 0 Å². The van der Waals surface area contributed by atoms with Crippen LogP contribution in [0, 0.1) is 11.3 Å². The van der Waals surface area contributed by atoms with Gasteiger partial charge in [-0.1, -0.05) is 30.3 Å². The topological polar surface area (TPSA) is 56.0 Å². The Balaban J connectivity index is 2.52. The Hall–Kier alpha value is -1.37. The minimum atomic E-state index is -0.136. The first-order valence-corrected chi connectivity index (χ1v) is 4.64. The lowest BCUT2D eigenvalue weighted by Crippen LogP contribution is -2.23. The molecule has 0 heterocycles. The number of aliphatic hydroxyl groups is 1. The minimum absolute atomic E-state index is 0.104. The molecular weight excluding hydrogens is 176 g/mol. The lowest BCUT2D eigenvalue weighted by atomic mass is 10.0. The maximum absolute atomic E-state index is 8.93. The summed E-state index contributed by atoms with van der Waals surface area (Å²) in [6.45, 7) is 1.22. The standard InChI is InChI=1S/C11H14N2O/c12-8-11(9-13-6-7-14)10-4-2-1-3-5-10/h1-5,11,13-14H,6-7,9H2. The zero-order chi connectivity index (χ0) is 10.2. The van der Waals surface area contributed by atoms with Crippen LogP contribution in [0.25, 0.3) is 0 Å². The summed E-state index contributed by atoms with van der Waals surface area (Å²) in [6.07, 6.45) is 0. The first-order chi connectivity index (χ1) is 6.88. The molecule has 0 spiro atoms. The number of hydrogen-bond acceptors (Lipinski definition) is 3. The van der Waals surface area contributed by atoms with E-state index < -0.39 is 0 Å². The van der Waals surface area contributed by atoms with Crippen LogP contribution in [-0.2, 0) is 0 Å². The SMILES string of the molecule is N#CC(CNCCO)c1ccccc1. The largest absolute Gasteiger partial charge is 0.395 e. The van der Waals surface area contributed by atoms with Crippen molar-refractivity contribution in [1.82, 2.24) is 5.32 Å². The van der Waals surface area contributed by atoms with Gasteiger partial charge in [0.15, 0.2) is 0 Å². The Morgan fingerprint density at radius 2 is 2.07 bits per heavy atom. The Kier molecular flexibility index (Phi) is 4.70. The molecule has 1 unspecified atom stereocenters. The first kappa shape index (κ1) is 10.7. The summed E-state index contributed by atoms with van der Waals surface area (Å²) in [5.74, 6) is -0.136. The van der Waals surface area contributed by atoms with E-state index in [9.17, 15) is 0 Å². The second-order valence-electron chi connectivity index (χ2n) is 3.02. The third kappa shape index (κ3) is 3.17. The number of hydrogen-bond donors (Lipinski definition) is 2. The molecule has 0 fully saturated rings. The van der Waals surface area contributed by atoms with E-state index in [-0.39, 0.29) is 12.5 Å². The molecule has 1 aromatic carbocycles. The molecule has 1 rings (SSSR count). The van der Waals surface area contributed by atoms with Gasteiger partial charge in [-0.25, -0.2) is 0 Å². The lowest BCUT2D eigenvalue weighted by molar-refractivity contribution is 0.292. The van der Waals surface area contributed by atoms with Crippen LogP contribution in [-0.4, -0.2) is 24.8 Å². The van der Waals surface area contributed by atoms with E-state index >= 15 is 0 Å². The molecule has 74 valence electrons. The van der Waals surface area contributed by atoms with E-state index in [0.29, 0.717) is 13.1 Å². The number of rotatable bonds is 5. The van der Waals surface area contributed by atoms with Crippen molar-refractivity contribution < 1.29 is 5.11 Å². The average Bonchev–Trinajstić information content (AvgIpc) is 2.26. The molecule has 0 amide bonds. The fraction of sp³-hybridized carbons (Fsp3) is 0.364. The average molecular weight is 190 g/mol. The van der Waals surface area contributed by atoms with Crippen molar-refractivity contribution in [2.45, 2.75) is 5.92 Å². The van der Waals surface area contributed by atoms with Crippen LogP contribution in [0.5, 0.6) is 0 Å². The van der Waals surface area contributed by atoms with Gasteiger partial charge in [0, 0.05) is 13.1 Å². The number of nitrogens with one attached hydrogen (secondary N) is 1. The quantitative estimate of drug-likeness (QED) is 0.677. The van der Waals surface area contributed by atoms with Crippen LogP contribution in [0.15, 0.2) is 30.3 Å². The second kappa shape index (κ2) is 6.14. The van der Waals surface area contributed by atoms with Gasteiger partial charge in [-0.05, 0) is 5.56 Å². The van der Waals surface area contributed by atoms with Crippen LogP contribution in [0.4, 0.5) is 0 Å². The van der Waals surface area contributed by atoms with Crippen LogP contribution in [0.1, 0.15) is 11.5 Å². The molecule has 1 aromatic rings. The highest BCUT2D eigenvalue weighted by Crippen LogP contribution is 2.12. The molecule has 3 heteroatoms. The fourth-order valence-corrected chi connectivity index (χ4v) is 1.25. The molecule has 0 bridgehead atoms. The molecule has 0 aromatic heterocycles. The molecule has 14 heavy (non-hydrogen) atoms. The van der Waals surface area contributed by atoms with Gasteiger partial charge >= 0.3 is 0 Å². The third-order valence-corrected chi connectivity index (χ3v) is 1.99. The normalized spacial score (nSPS) is 12.0. The molecule has 1 atom stereocenters. The summed E-state index contributed by atoms with van der Waals surface area (Å²) in [5.41, 5.74) is 1.01. The van der Waals surface area contributed by atoms with Gasteiger partial charge in [0.05, 0.1) is 18.6 Å². The number of nitrogens with zero attached hydrogens (tertiary/aromatic N) is 1. The van der Waals surface area contributed by atoms with Gasteiger partial charge in [-0.15, -0.1) is 0 Å². The van der Waals surface area contributed by atoms with Gasteiger partial charge in [-0.2, -0.15) is 5.26 Å². The molecule has 2 N–H and O–H groups in total. The zero-order valence-corrected chi connectivity index (χ0v) is 7.98. The van der Waals surface area contributed by atoms with Gasteiger partial charge < -0.3 is 10.4 Å². The van der Waals surface area contributed by atoms with Crippen molar-refractivity contribution >= 4 is 0 Å². The van der Waals surface area contributed by atoms with Crippen LogP contribution < -0.4 is 5.32 Å². The van der Waals surface area contributed by atoms with E-state index in [1.807, 2.05) is 30.3 Å². The predicted molar refractivity (Wildman–Crippen MR) is 54.8 cm³/mol. The maximum Gasteiger partial charge on any atom is 0.0837 e. The molecule has 3 nitrogen and oxygen atoms in total. The second-order valence-corrected chi connectivity index (χ2v) is 3.02. The lowest BCUT2D eigenvalue weighted by Gasteiger charge is -2.09. The molecule has 0 aliphatic heterocycles. The smallest absolute Gasteiger partial charge is 0.0837 e. The third-order valence-electron chi connectivity index (χ3n) is 1.99.